The molecule has 2 aromatic rings. The highest BCUT2D eigenvalue weighted by Gasteiger charge is 2.44. The Balaban J connectivity index is 1.70. The molecule has 0 spiro atoms. The summed E-state index contributed by atoms with van der Waals surface area (Å²) in [5.74, 6) is -0.295. The Morgan fingerprint density at radius 1 is 1.23 bits per heavy atom. The molecule has 2 fully saturated rings. The maximum Gasteiger partial charge on any atom is 0.228 e. The van der Waals surface area contributed by atoms with Crippen LogP contribution in [-0.4, -0.2) is 35.7 Å². The number of amides is 1. The number of alkyl halides is 1. The molecule has 7 nitrogen and oxygen atoms in total. The van der Waals surface area contributed by atoms with Crippen LogP contribution in [0, 0.1) is 17.2 Å². The van der Waals surface area contributed by atoms with Crippen molar-refractivity contribution in [2.45, 2.75) is 32.4 Å². The number of benzene rings is 1. The summed E-state index contributed by atoms with van der Waals surface area (Å²) in [5.41, 5.74) is 2.14. The van der Waals surface area contributed by atoms with Gasteiger partial charge in [0.05, 0.1) is 30.0 Å². The summed E-state index contributed by atoms with van der Waals surface area (Å²) in [6.45, 7) is 1.66. The standard InChI is InChI=1S/C22H23FN4O3/c1-11(24)13-4-3-5-17(21(13)30-2)26-18-9-19(27-22(29)12-6-7-12)25-10-15(18)20(28)14-8-16(14)23/h3-5,9-10,12,14,16,24H,6-8H2,1-2H3,(H2,25,26,27,29). The number of para-hydroxylation sites is 1. The molecule has 0 radical (unpaired) electrons. The lowest BCUT2D eigenvalue weighted by molar-refractivity contribution is -0.117. The Morgan fingerprint density at radius 3 is 2.57 bits per heavy atom. The molecule has 156 valence electrons. The zero-order valence-electron chi connectivity index (χ0n) is 16.8. The molecule has 1 heterocycles. The highest BCUT2D eigenvalue weighted by atomic mass is 19.1. The van der Waals surface area contributed by atoms with E-state index < -0.39 is 12.1 Å². The van der Waals surface area contributed by atoms with Crippen molar-refractivity contribution in [2.24, 2.45) is 11.8 Å². The van der Waals surface area contributed by atoms with Crippen LogP contribution in [0.2, 0.25) is 0 Å². The first-order chi connectivity index (χ1) is 14.4. The number of carbonyl (C=O) groups is 2. The quantitative estimate of drug-likeness (QED) is 0.449. The third-order valence-electron chi connectivity index (χ3n) is 5.31. The molecule has 30 heavy (non-hydrogen) atoms. The summed E-state index contributed by atoms with van der Waals surface area (Å²) in [7, 11) is 1.50. The van der Waals surface area contributed by atoms with Crippen molar-refractivity contribution >= 4 is 34.6 Å². The van der Waals surface area contributed by atoms with E-state index in [1.165, 1.54) is 13.3 Å². The molecule has 1 amide bonds. The van der Waals surface area contributed by atoms with Crippen molar-refractivity contribution in [2.75, 3.05) is 17.7 Å². The van der Waals surface area contributed by atoms with E-state index in [1.54, 1.807) is 31.2 Å². The van der Waals surface area contributed by atoms with Crippen molar-refractivity contribution in [3.05, 3.63) is 41.6 Å². The molecule has 0 saturated heterocycles. The van der Waals surface area contributed by atoms with Crippen molar-refractivity contribution in [3.63, 3.8) is 0 Å². The predicted octanol–water partition coefficient (Wildman–Crippen LogP) is 4.11. The molecule has 3 N–H and O–H groups in total. The minimum Gasteiger partial charge on any atom is -0.494 e. The number of pyridine rings is 1. The number of rotatable bonds is 8. The van der Waals surface area contributed by atoms with E-state index in [0.717, 1.165) is 12.8 Å². The van der Waals surface area contributed by atoms with Gasteiger partial charge >= 0.3 is 0 Å². The second-order valence-corrected chi connectivity index (χ2v) is 7.74. The zero-order chi connectivity index (χ0) is 21.4. The van der Waals surface area contributed by atoms with E-state index in [2.05, 4.69) is 15.6 Å². The average molecular weight is 410 g/mol. The second kappa shape index (κ2) is 7.85. The first-order valence-electron chi connectivity index (χ1n) is 9.87. The number of anilines is 3. The van der Waals surface area contributed by atoms with Crippen molar-refractivity contribution in [1.29, 1.82) is 5.41 Å². The fourth-order valence-electron chi connectivity index (χ4n) is 3.33. The van der Waals surface area contributed by atoms with Crippen LogP contribution in [0.5, 0.6) is 5.75 Å². The molecule has 2 aliphatic carbocycles. The third kappa shape index (κ3) is 4.03. The Bertz CT molecular complexity index is 1040. The molecule has 2 saturated carbocycles. The summed E-state index contributed by atoms with van der Waals surface area (Å²) < 4.78 is 19.0. The van der Waals surface area contributed by atoms with Crippen LogP contribution in [0.15, 0.2) is 30.5 Å². The molecule has 8 heteroatoms. The number of nitrogens with zero attached hydrogens (tertiary/aromatic N) is 1. The molecular weight excluding hydrogens is 387 g/mol. The maximum atomic E-state index is 13.5. The van der Waals surface area contributed by atoms with E-state index in [1.807, 2.05) is 0 Å². The predicted molar refractivity (Wildman–Crippen MR) is 112 cm³/mol. The minimum absolute atomic E-state index is 0.00983. The van der Waals surface area contributed by atoms with E-state index in [-0.39, 0.29) is 29.6 Å². The summed E-state index contributed by atoms with van der Waals surface area (Å²) in [4.78, 5) is 29.0. The topological polar surface area (TPSA) is 104 Å². The van der Waals surface area contributed by atoms with Crippen LogP contribution >= 0.6 is 0 Å². The van der Waals surface area contributed by atoms with Crippen LogP contribution < -0.4 is 15.4 Å². The van der Waals surface area contributed by atoms with Gasteiger partial charge in [-0.2, -0.15) is 0 Å². The lowest BCUT2D eigenvalue weighted by Gasteiger charge is -2.17. The van der Waals surface area contributed by atoms with E-state index in [9.17, 15) is 14.0 Å². The Labute approximate surface area is 173 Å². The molecule has 2 unspecified atom stereocenters. The lowest BCUT2D eigenvalue weighted by atomic mass is 10.1. The molecule has 1 aromatic heterocycles. The molecule has 4 rings (SSSR count). The van der Waals surface area contributed by atoms with Crippen LogP contribution in [0.4, 0.5) is 21.6 Å². The van der Waals surface area contributed by atoms with Gasteiger partial charge in [0.15, 0.2) is 11.5 Å². The monoisotopic (exact) mass is 410 g/mol. The van der Waals surface area contributed by atoms with E-state index in [4.69, 9.17) is 10.1 Å². The van der Waals surface area contributed by atoms with Crippen molar-refractivity contribution in [1.82, 2.24) is 4.98 Å². The maximum absolute atomic E-state index is 13.5. The van der Waals surface area contributed by atoms with Crippen molar-refractivity contribution < 1.29 is 18.7 Å². The van der Waals surface area contributed by atoms with Crippen LogP contribution in [0.3, 0.4) is 0 Å². The third-order valence-corrected chi connectivity index (χ3v) is 5.31. The van der Waals surface area contributed by atoms with Gasteiger partial charge in [0, 0.05) is 29.5 Å². The number of aromatic nitrogens is 1. The summed E-state index contributed by atoms with van der Waals surface area (Å²) >= 11 is 0. The summed E-state index contributed by atoms with van der Waals surface area (Å²) in [6, 6.07) is 6.88. The molecule has 0 bridgehead atoms. The van der Waals surface area contributed by atoms with E-state index >= 15 is 0 Å². The van der Waals surface area contributed by atoms with Gasteiger partial charge in [0.2, 0.25) is 5.91 Å². The van der Waals surface area contributed by atoms with Gasteiger partial charge in [0.25, 0.3) is 0 Å². The number of methoxy groups -OCH3 is 1. The smallest absolute Gasteiger partial charge is 0.228 e. The largest absolute Gasteiger partial charge is 0.494 e. The summed E-state index contributed by atoms with van der Waals surface area (Å²) in [6.07, 6.45) is 2.18. The number of halogens is 1. The second-order valence-electron chi connectivity index (χ2n) is 7.74. The SMILES string of the molecule is COc1c(Nc2cc(NC(=O)C3CC3)ncc2C(=O)C2CC2F)cccc1C(C)=N. The number of ketones is 1. The zero-order valence-corrected chi connectivity index (χ0v) is 16.8. The first-order valence-corrected chi connectivity index (χ1v) is 9.87. The van der Waals surface area contributed by atoms with Crippen LogP contribution in [0.1, 0.15) is 42.1 Å². The minimum atomic E-state index is -1.13. The molecule has 2 aliphatic rings. The number of ether oxygens (including phenoxy) is 1. The Morgan fingerprint density at radius 2 is 1.97 bits per heavy atom. The van der Waals surface area contributed by atoms with Gasteiger partial charge in [-0.15, -0.1) is 0 Å². The van der Waals surface area contributed by atoms with Crippen LogP contribution in [-0.2, 0) is 4.79 Å². The lowest BCUT2D eigenvalue weighted by Crippen LogP contribution is -2.16. The highest BCUT2D eigenvalue weighted by Crippen LogP contribution is 2.40. The van der Waals surface area contributed by atoms with Crippen LogP contribution in [0.25, 0.3) is 0 Å². The van der Waals surface area contributed by atoms with Gasteiger partial charge in [-0.25, -0.2) is 9.37 Å². The number of hydrogen-bond donors (Lipinski definition) is 3. The summed E-state index contributed by atoms with van der Waals surface area (Å²) in [5, 5.41) is 13.9. The number of carbonyl (C=O) groups excluding carboxylic acids is 2. The molecule has 1 aromatic carbocycles. The normalized spacial score (nSPS) is 19.7. The average Bonchev–Trinajstić information content (AvgIpc) is 3.63. The molecule has 2 atom stereocenters. The fraction of sp³-hybridized carbons (Fsp3) is 0.364. The van der Waals surface area contributed by atoms with Gasteiger partial charge in [0.1, 0.15) is 12.0 Å². The fourth-order valence-corrected chi connectivity index (χ4v) is 3.33. The number of hydrogen-bond acceptors (Lipinski definition) is 6. The number of Topliss-reactive ketones (excluding diaryl/α,β-unsaturated/α-hetero) is 1. The van der Waals surface area contributed by atoms with Gasteiger partial charge in [-0.3, -0.25) is 9.59 Å². The number of nitrogens with one attached hydrogen (secondary N) is 3. The van der Waals surface area contributed by atoms with Crippen molar-refractivity contribution in [3.8, 4) is 5.75 Å². The Hall–Kier alpha value is -3.29. The van der Waals surface area contributed by atoms with E-state index in [0.29, 0.717) is 34.2 Å². The first kappa shape index (κ1) is 20.0. The molecular formula is C22H23FN4O3. The van der Waals surface area contributed by atoms with Gasteiger partial charge in [-0.1, -0.05) is 6.07 Å². The van der Waals surface area contributed by atoms with Gasteiger partial charge in [-0.05, 0) is 38.3 Å². The highest BCUT2D eigenvalue weighted by molar-refractivity contribution is 6.06. The molecule has 0 aliphatic heterocycles. The Kier molecular flexibility index (Phi) is 5.24. The van der Waals surface area contributed by atoms with Gasteiger partial charge < -0.3 is 20.8 Å².